The topological polar surface area (TPSA) is 56.7 Å². The summed E-state index contributed by atoms with van der Waals surface area (Å²) in [7, 11) is 0. The van der Waals surface area contributed by atoms with Crippen molar-refractivity contribution in [2.75, 3.05) is 0 Å². The third-order valence-corrected chi connectivity index (χ3v) is 6.22. The van der Waals surface area contributed by atoms with Crippen molar-refractivity contribution in [2.45, 2.75) is 0 Å². The highest BCUT2D eigenvalue weighted by atomic mass is 16.3. The largest absolute Gasteiger partial charge is 0.455 e. The Morgan fingerprint density at radius 2 is 1.38 bits per heavy atom. The summed E-state index contributed by atoms with van der Waals surface area (Å²) in [4.78, 5) is 13.6. The molecular weight excluding hydrogens is 420 g/mol. The first-order chi connectivity index (χ1) is 16.9. The van der Waals surface area contributed by atoms with Crippen LogP contribution >= 0.6 is 0 Å². The van der Waals surface area contributed by atoms with Crippen LogP contribution in [0.15, 0.2) is 114 Å². The number of rotatable bonds is 3. The maximum Gasteiger partial charge on any atom is 0.145 e. The number of imidazole rings is 1. The summed E-state index contributed by atoms with van der Waals surface area (Å²) in [5.41, 5.74) is 7.74. The zero-order chi connectivity index (χ0) is 22.5. The molecule has 0 spiro atoms. The Labute approximate surface area is 195 Å². The van der Waals surface area contributed by atoms with Crippen molar-refractivity contribution < 1.29 is 4.42 Å². The summed E-state index contributed by atoms with van der Waals surface area (Å²) >= 11 is 0. The molecule has 0 fully saturated rings. The molecule has 3 aromatic carbocycles. The van der Waals surface area contributed by atoms with Gasteiger partial charge in [-0.2, -0.15) is 0 Å². The minimum Gasteiger partial charge on any atom is -0.455 e. The fraction of sp³-hybridized carbons (Fsp3) is 0. The van der Waals surface area contributed by atoms with Gasteiger partial charge in [-0.1, -0.05) is 48.5 Å². The third kappa shape index (κ3) is 2.77. The standard InChI is InChI=1S/C29H18N4O/c1-2-6-19(7-3-1)23-18-24-27(26-22-8-4-5-9-25(22)34-28(23)26)32-29(20-10-14-30-15-11-20)33(24)21-12-16-31-17-13-21/h1-18H. The summed E-state index contributed by atoms with van der Waals surface area (Å²) in [5, 5.41) is 2.08. The monoisotopic (exact) mass is 438 g/mol. The van der Waals surface area contributed by atoms with Crippen molar-refractivity contribution >= 4 is 33.0 Å². The van der Waals surface area contributed by atoms with Crippen molar-refractivity contribution in [1.82, 2.24) is 19.5 Å². The predicted molar refractivity (Wildman–Crippen MR) is 135 cm³/mol. The van der Waals surface area contributed by atoms with E-state index >= 15 is 0 Å². The Balaban J connectivity index is 1.71. The molecule has 0 N–H and O–H groups in total. The van der Waals surface area contributed by atoms with Gasteiger partial charge in [-0.05, 0) is 42.0 Å². The second-order valence-electron chi connectivity index (χ2n) is 8.17. The first-order valence-corrected chi connectivity index (χ1v) is 11.1. The summed E-state index contributed by atoms with van der Waals surface area (Å²) in [6.45, 7) is 0. The van der Waals surface area contributed by atoms with E-state index in [0.717, 1.165) is 61.2 Å². The van der Waals surface area contributed by atoms with E-state index in [2.05, 4.69) is 50.9 Å². The van der Waals surface area contributed by atoms with Gasteiger partial charge in [0.15, 0.2) is 0 Å². The average molecular weight is 438 g/mol. The Bertz CT molecular complexity index is 1790. The van der Waals surface area contributed by atoms with Crippen LogP contribution in [-0.2, 0) is 0 Å². The molecule has 4 aromatic heterocycles. The molecule has 34 heavy (non-hydrogen) atoms. The first-order valence-electron chi connectivity index (χ1n) is 11.1. The molecular formula is C29H18N4O. The van der Waals surface area contributed by atoms with Crippen LogP contribution in [0, 0.1) is 0 Å². The minimum absolute atomic E-state index is 0.848. The van der Waals surface area contributed by atoms with Crippen molar-refractivity contribution in [2.24, 2.45) is 0 Å². The Morgan fingerprint density at radius 1 is 0.676 bits per heavy atom. The smallest absolute Gasteiger partial charge is 0.145 e. The van der Waals surface area contributed by atoms with Gasteiger partial charge in [0.1, 0.15) is 22.5 Å². The molecule has 5 heteroatoms. The van der Waals surface area contributed by atoms with Gasteiger partial charge in [0.25, 0.3) is 0 Å². The minimum atomic E-state index is 0.848. The highest BCUT2D eigenvalue weighted by molar-refractivity contribution is 6.21. The fourth-order valence-electron chi connectivity index (χ4n) is 4.70. The zero-order valence-electron chi connectivity index (χ0n) is 18.1. The van der Waals surface area contributed by atoms with Crippen molar-refractivity contribution in [3.05, 3.63) is 110 Å². The molecule has 0 aliphatic heterocycles. The molecule has 0 saturated heterocycles. The highest BCUT2D eigenvalue weighted by Gasteiger charge is 2.22. The SMILES string of the molecule is c1ccc(-c2cc3c(nc(-c4ccncc4)n3-c3ccncc3)c3c2oc2ccccc23)cc1. The molecule has 0 saturated carbocycles. The van der Waals surface area contributed by atoms with E-state index < -0.39 is 0 Å². The van der Waals surface area contributed by atoms with E-state index in [1.54, 1.807) is 24.8 Å². The lowest BCUT2D eigenvalue weighted by atomic mass is 10.0. The van der Waals surface area contributed by atoms with Crippen LogP contribution < -0.4 is 0 Å². The molecule has 0 amide bonds. The number of furan rings is 1. The van der Waals surface area contributed by atoms with Gasteiger partial charge < -0.3 is 4.42 Å². The lowest BCUT2D eigenvalue weighted by Crippen LogP contribution is -1.98. The maximum atomic E-state index is 6.44. The molecule has 5 nitrogen and oxygen atoms in total. The number of hydrogen-bond acceptors (Lipinski definition) is 4. The highest BCUT2D eigenvalue weighted by Crippen LogP contribution is 2.42. The molecule has 7 aromatic rings. The van der Waals surface area contributed by atoms with Crippen LogP contribution in [0.2, 0.25) is 0 Å². The van der Waals surface area contributed by atoms with Crippen LogP contribution in [0.25, 0.3) is 61.2 Å². The molecule has 7 rings (SSSR count). The van der Waals surface area contributed by atoms with Gasteiger partial charge in [0.2, 0.25) is 0 Å². The number of pyridine rings is 2. The Hall–Kier alpha value is -4.77. The number of nitrogens with zero attached hydrogens (tertiary/aromatic N) is 4. The summed E-state index contributed by atoms with van der Waals surface area (Å²) in [5.74, 6) is 0.848. The normalized spacial score (nSPS) is 11.5. The molecule has 0 bridgehead atoms. The van der Waals surface area contributed by atoms with E-state index in [0.29, 0.717) is 0 Å². The first kappa shape index (κ1) is 18.8. The number of hydrogen-bond donors (Lipinski definition) is 0. The molecule has 0 radical (unpaired) electrons. The lowest BCUT2D eigenvalue weighted by Gasteiger charge is -2.10. The molecule has 0 atom stereocenters. The lowest BCUT2D eigenvalue weighted by molar-refractivity contribution is 0.670. The van der Waals surface area contributed by atoms with Crippen LogP contribution in [0.5, 0.6) is 0 Å². The van der Waals surface area contributed by atoms with Gasteiger partial charge in [0, 0.05) is 41.3 Å². The summed E-state index contributed by atoms with van der Waals surface area (Å²) < 4.78 is 8.63. The third-order valence-electron chi connectivity index (χ3n) is 6.22. The van der Waals surface area contributed by atoms with E-state index in [1.807, 2.05) is 48.5 Å². The molecule has 0 unspecified atom stereocenters. The van der Waals surface area contributed by atoms with Crippen molar-refractivity contribution in [1.29, 1.82) is 0 Å². The number of para-hydroxylation sites is 1. The Kier molecular flexibility index (Phi) is 4.08. The summed E-state index contributed by atoms with van der Waals surface area (Å²) in [6, 6.07) is 28.7. The quantitative estimate of drug-likeness (QED) is 0.297. The van der Waals surface area contributed by atoms with Gasteiger partial charge >= 0.3 is 0 Å². The van der Waals surface area contributed by atoms with Crippen molar-refractivity contribution in [3.63, 3.8) is 0 Å². The second-order valence-corrected chi connectivity index (χ2v) is 8.17. The van der Waals surface area contributed by atoms with Crippen LogP contribution in [0.1, 0.15) is 0 Å². The molecule has 0 aliphatic rings. The molecule has 0 aliphatic carbocycles. The number of aromatic nitrogens is 4. The number of fused-ring (bicyclic) bond motifs is 5. The second kappa shape index (κ2) is 7.39. The fourth-order valence-corrected chi connectivity index (χ4v) is 4.70. The van der Waals surface area contributed by atoms with Gasteiger partial charge in [0.05, 0.1) is 16.6 Å². The maximum absolute atomic E-state index is 6.44. The number of benzene rings is 3. The average Bonchev–Trinajstić information content (AvgIpc) is 3.48. The van der Waals surface area contributed by atoms with E-state index in [1.165, 1.54) is 0 Å². The van der Waals surface area contributed by atoms with Gasteiger partial charge in [-0.25, -0.2) is 4.98 Å². The van der Waals surface area contributed by atoms with Gasteiger partial charge in [-0.3, -0.25) is 14.5 Å². The van der Waals surface area contributed by atoms with E-state index in [9.17, 15) is 0 Å². The molecule has 160 valence electrons. The van der Waals surface area contributed by atoms with Crippen molar-refractivity contribution in [3.8, 4) is 28.2 Å². The zero-order valence-corrected chi connectivity index (χ0v) is 18.1. The van der Waals surface area contributed by atoms with Crippen LogP contribution in [-0.4, -0.2) is 19.5 Å². The van der Waals surface area contributed by atoms with Gasteiger partial charge in [-0.15, -0.1) is 0 Å². The van der Waals surface area contributed by atoms with Crippen LogP contribution in [0.3, 0.4) is 0 Å². The summed E-state index contributed by atoms with van der Waals surface area (Å²) in [6.07, 6.45) is 7.20. The Morgan fingerprint density at radius 3 is 2.18 bits per heavy atom. The van der Waals surface area contributed by atoms with Crippen LogP contribution in [0.4, 0.5) is 0 Å². The predicted octanol–water partition coefficient (Wildman–Crippen LogP) is 7.05. The molecule has 4 heterocycles. The van der Waals surface area contributed by atoms with E-state index in [-0.39, 0.29) is 0 Å². The van der Waals surface area contributed by atoms with E-state index in [4.69, 9.17) is 9.40 Å².